The Morgan fingerprint density at radius 1 is 0.409 bits per heavy atom. The van der Waals surface area contributed by atoms with Gasteiger partial charge in [-0.2, -0.15) is 0 Å². The summed E-state index contributed by atoms with van der Waals surface area (Å²) in [4.78, 5) is 2.52. The fraction of sp³-hybridized carbons (Fsp3) is 0.0698. The molecule has 1 nitrogen and oxygen atoms in total. The van der Waals surface area contributed by atoms with Crippen LogP contribution in [-0.4, -0.2) is 0 Å². The molecule has 0 spiro atoms. The summed E-state index contributed by atoms with van der Waals surface area (Å²) in [6.07, 6.45) is 0. The first-order valence-corrected chi connectivity index (χ1v) is 15.5. The van der Waals surface area contributed by atoms with Gasteiger partial charge < -0.3 is 4.90 Å². The number of hydrogen-bond donors (Lipinski definition) is 0. The zero-order valence-electron chi connectivity index (χ0n) is 24.9. The minimum atomic E-state index is -0.0927. The Kier molecular flexibility index (Phi) is 5.31. The average Bonchev–Trinajstić information content (AvgIpc) is 3.30. The van der Waals surface area contributed by atoms with Crippen LogP contribution in [0.15, 0.2) is 152 Å². The lowest BCUT2D eigenvalue weighted by Crippen LogP contribution is -2.17. The normalized spacial score (nSPS) is 13.4. The van der Waals surface area contributed by atoms with Crippen molar-refractivity contribution in [2.75, 3.05) is 4.90 Å². The number of nitrogens with zero attached hydrogens (tertiary/aromatic N) is 1. The lowest BCUT2D eigenvalue weighted by molar-refractivity contribution is 0.660. The van der Waals surface area contributed by atoms with Crippen LogP contribution in [0.5, 0.6) is 0 Å². The third kappa shape index (κ3) is 3.53. The molecule has 0 radical (unpaired) electrons. The summed E-state index contributed by atoms with van der Waals surface area (Å²) in [6.45, 7) is 4.73. The standard InChI is InChI=1S/C43H31N/c1-43(2)37-18-8-7-17-35(37)36-26-25-32(27-38(36)43)44(39-19-9-13-30-23-21-28-11-3-5-15-33(28)41(30)39)40-20-10-14-31-24-22-29-12-4-6-16-34(29)42(31)40/h3-27H,1-2H3. The van der Waals surface area contributed by atoms with Crippen LogP contribution in [-0.2, 0) is 5.41 Å². The Hall–Kier alpha value is -5.40. The van der Waals surface area contributed by atoms with Gasteiger partial charge >= 0.3 is 0 Å². The van der Waals surface area contributed by atoms with E-state index in [0.717, 1.165) is 0 Å². The first-order chi connectivity index (χ1) is 21.6. The van der Waals surface area contributed by atoms with Gasteiger partial charge in [0, 0.05) is 21.9 Å². The molecule has 0 bridgehead atoms. The molecule has 8 aromatic carbocycles. The van der Waals surface area contributed by atoms with Crippen LogP contribution in [0.3, 0.4) is 0 Å². The second-order valence-electron chi connectivity index (χ2n) is 12.6. The van der Waals surface area contributed by atoms with Gasteiger partial charge in [-0.15, -0.1) is 0 Å². The molecule has 1 heteroatoms. The number of fused-ring (bicyclic) bond motifs is 9. The molecule has 0 fully saturated rings. The van der Waals surface area contributed by atoms with E-state index in [-0.39, 0.29) is 5.41 Å². The predicted octanol–water partition coefficient (Wildman–Crippen LogP) is 12.1. The largest absolute Gasteiger partial charge is 0.309 e. The number of hydrogen-bond acceptors (Lipinski definition) is 1. The van der Waals surface area contributed by atoms with Gasteiger partial charge in [0.15, 0.2) is 0 Å². The second kappa shape index (κ2) is 9.30. The summed E-state index contributed by atoms with van der Waals surface area (Å²) in [5.41, 5.74) is 8.90. The van der Waals surface area contributed by atoms with Crippen LogP contribution >= 0.6 is 0 Å². The average molecular weight is 562 g/mol. The first kappa shape index (κ1) is 25.1. The third-order valence-electron chi connectivity index (χ3n) is 9.80. The molecule has 0 amide bonds. The van der Waals surface area contributed by atoms with E-state index in [0.29, 0.717) is 0 Å². The fourth-order valence-electron chi connectivity index (χ4n) is 7.69. The maximum atomic E-state index is 2.52. The highest BCUT2D eigenvalue weighted by atomic mass is 15.1. The van der Waals surface area contributed by atoms with E-state index in [9.17, 15) is 0 Å². The molecule has 0 aliphatic heterocycles. The van der Waals surface area contributed by atoms with Crippen molar-refractivity contribution in [3.8, 4) is 11.1 Å². The smallest absolute Gasteiger partial charge is 0.0546 e. The van der Waals surface area contributed by atoms with Crippen LogP contribution in [0.1, 0.15) is 25.0 Å². The van der Waals surface area contributed by atoms with Gasteiger partial charge in [-0.05, 0) is 78.8 Å². The Labute approximate surface area is 257 Å². The zero-order valence-corrected chi connectivity index (χ0v) is 24.9. The van der Waals surface area contributed by atoms with Gasteiger partial charge in [-0.1, -0.05) is 141 Å². The summed E-state index contributed by atoms with van der Waals surface area (Å²) in [7, 11) is 0. The summed E-state index contributed by atoms with van der Waals surface area (Å²) in [5.74, 6) is 0. The monoisotopic (exact) mass is 561 g/mol. The summed E-state index contributed by atoms with van der Waals surface area (Å²) < 4.78 is 0. The number of rotatable bonds is 3. The molecule has 1 aliphatic carbocycles. The Morgan fingerprint density at radius 3 is 1.55 bits per heavy atom. The molecule has 1 aliphatic rings. The molecule has 208 valence electrons. The minimum Gasteiger partial charge on any atom is -0.309 e. The number of anilines is 3. The Bertz CT molecular complexity index is 2310. The maximum absolute atomic E-state index is 2.52. The van der Waals surface area contributed by atoms with Crippen LogP contribution in [0.2, 0.25) is 0 Å². The van der Waals surface area contributed by atoms with E-state index in [1.807, 2.05) is 0 Å². The highest BCUT2D eigenvalue weighted by molar-refractivity contribution is 6.19. The predicted molar refractivity (Wildman–Crippen MR) is 189 cm³/mol. The molecular formula is C43H31N. The van der Waals surface area contributed by atoms with Gasteiger partial charge in [-0.3, -0.25) is 0 Å². The lowest BCUT2D eigenvalue weighted by atomic mass is 9.82. The van der Waals surface area contributed by atoms with Crippen molar-refractivity contribution in [2.24, 2.45) is 0 Å². The molecule has 0 N–H and O–H groups in total. The molecule has 0 heterocycles. The van der Waals surface area contributed by atoms with Crippen molar-refractivity contribution in [1.82, 2.24) is 0 Å². The highest BCUT2D eigenvalue weighted by Crippen LogP contribution is 2.52. The molecule has 8 aromatic rings. The second-order valence-corrected chi connectivity index (χ2v) is 12.6. The van der Waals surface area contributed by atoms with Crippen molar-refractivity contribution in [2.45, 2.75) is 19.3 Å². The zero-order chi connectivity index (χ0) is 29.4. The maximum Gasteiger partial charge on any atom is 0.0546 e. The molecule has 9 rings (SSSR count). The van der Waals surface area contributed by atoms with Crippen molar-refractivity contribution >= 4 is 60.2 Å². The van der Waals surface area contributed by atoms with E-state index in [4.69, 9.17) is 0 Å². The third-order valence-corrected chi connectivity index (χ3v) is 9.80. The number of benzene rings is 8. The van der Waals surface area contributed by atoms with E-state index in [2.05, 4.69) is 170 Å². The van der Waals surface area contributed by atoms with Gasteiger partial charge in [0.25, 0.3) is 0 Å². The van der Waals surface area contributed by atoms with Crippen molar-refractivity contribution < 1.29 is 0 Å². The van der Waals surface area contributed by atoms with E-state index in [1.165, 1.54) is 82.4 Å². The lowest BCUT2D eigenvalue weighted by Gasteiger charge is -2.30. The quantitative estimate of drug-likeness (QED) is 0.194. The Balaban J connectivity index is 1.41. The summed E-state index contributed by atoms with van der Waals surface area (Å²) in [5, 5.41) is 10.1. The Morgan fingerprint density at radius 2 is 0.909 bits per heavy atom. The molecule has 0 aromatic heterocycles. The van der Waals surface area contributed by atoms with E-state index >= 15 is 0 Å². The molecule has 0 saturated carbocycles. The molecule has 0 saturated heterocycles. The van der Waals surface area contributed by atoms with Crippen LogP contribution in [0, 0.1) is 0 Å². The van der Waals surface area contributed by atoms with Crippen molar-refractivity contribution in [3.63, 3.8) is 0 Å². The van der Waals surface area contributed by atoms with E-state index in [1.54, 1.807) is 0 Å². The molecule has 0 atom stereocenters. The van der Waals surface area contributed by atoms with Gasteiger partial charge in [0.1, 0.15) is 0 Å². The van der Waals surface area contributed by atoms with Gasteiger partial charge in [0.2, 0.25) is 0 Å². The molecule has 0 unspecified atom stereocenters. The van der Waals surface area contributed by atoms with Crippen LogP contribution in [0.4, 0.5) is 17.1 Å². The fourth-order valence-corrected chi connectivity index (χ4v) is 7.69. The van der Waals surface area contributed by atoms with Crippen molar-refractivity contribution in [1.29, 1.82) is 0 Å². The topological polar surface area (TPSA) is 3.24 Å². The van der Waals surface area contributed by atoms with Crippen LogP contribution < -0.4 is 4.90 Å². The summed E-state index contributed by atoms with van der Waals surface area (Å²) >= 11 is 0. The van der Waals surface area contributed by atoms with Gasteiger partial charge in [-0.25, -0.2) is 0 Å². The van der Waals surface area contributed by atoms with Gasteiger partial charge in [0.05, 0.1) is 11.4 Å². The van der Waals surface area contributed by atoms with Crippen molar-refractivity contribution in [3.05, 3.63) is 163 Å². The molecule has 44 heavy (non-hydrogen) atoms. The highest BCUT2D eigenvalue weighted by Gasteiger charge is 2.36. The van der Waals surface area contributed by atoms with Crippen LogP contribution in [0.25, 0.3) is 54.2 Å². The molecular weight excluding hydrogens is 530 g/mol. The first-order valence-electron chi connectivity index (χ1n) is 15.5. The summed E-state index contributed by atoms with van der Waals surface area (Å²) in [6, 6.07) is 56.0. The SMILES string of the molecule is CC1(C)c2ccccc2-c2ccc(N(c3cccc4ccc5ccccc5c34)c3cccc4ccc5ccccc5c34)cc21. The minimum absolute atomic E-state index is 0.0927. The van der Waals surface area contributed by atoms with E-state index < -0.39 is 0 Å².